The lowest BCUT2D eigenvalue weighted by molar-refractivity contribution is 0.0601. The minimum atomic E-state index is -0.477. The molecule has 2 heterocycles. The number of halogens is 1. The maximum Gasteiger partial charge on any atom is 0.337 e. The Morgan fingerprint density at radius 1 is 1.28 bits per heavy atom. The Bertz CT molecular complexity index is 1210. The SMILES string of the molecule is COC(=O)c1ccc2c(=O)n(CC3CCCO3)c(SCc3cc(Cl)ccc3OC)nc2c1. The predicted octanol–water partition coefficient (Wildman–Crippen LogP) is 4.32. The summed E-state index contributed by atoms with van der Waals surface area (Å²) in [5.41, 5.74) is 1.52. The van der Waals surface area contributed by atoms with Gasteiger partial charge < -0.3 is 14.2 Å². The third kappa shape index (κ3) is 4.77. The van der Waals surface area contributed by atoms with Gasteiger partial charge in [0.05, 0.1) is 43.3 Å². The number of carbonyl (C=O) groups excluding carboxylic acids is 1. The van der Waals surface area contributed by atoms with Gasteiger partial charge in [-0.1, -0.05) is 23.4 Å². The normalized spacial score (nSPS) is 15.8. The lowest BCUT2D eigenvalue weighted by Gasteiger charge is -2.17. The van der Waals surface area contributed by atoms with Gasteiger partial charge >= 0.3 is 5.97 Å². The molecule has 0 amide bonds. The summed E-state index contributed by atoms with van der Waals surface area (Å²) in [6.07, 6.45) is 1.85. The molecule has 0 spiro atoms. The van der Waals surface area contributed by atoms with E-state index >= 15 is 0 Å². The van der Waals surface area contributed by atoms with Gasteiger partial charge in [-0.15, -0.1) is 0 Å². The van der Waals surface area contributed by atoms with Crippen molar-refractivity contribution in [2.45, 2.75) is 36.4 Å². The topological polar surface area (TPSA) is 79.7 Å². The van der Waals surface area contributed by atoms with Gasteiger partial charge in [-0.25, -0.2) is 9.78 Å². The van der Waals surface area contributed by atoms with Gasteiger partial charge in [-0.05, 0) is 49.2 Å². The first-order chi connectivity index (χ1) is 15.5. The number of fused-ring (bicyclic) bond motifs is 1. The highest BCUT2D eigenvalue weighted by Crippen LogP contribution is 2.30. The van der Waals surface area contributed by atoms with Crippen molar-refractivity contribution in [1.82, 2.24) is 9.55 Å². The number of hydrogen-bond acceptors (Lipinski definition) is 7. The summed E-state index contributed by atoms with van der Waals surface area (Å²) in [7, 11) is 2.92. The zero-order valence-electron chi connectivity index (χ0n) is 17.8. The first-order valence-corrected chi connectivity index (χ1v) is 11.6. The fraction of sp³-hybridized carbons (Fsp3) is 0.348. The lowest BCUT2D eigenvalue weighted by atomic mass is 10.1. The molecular formula is C23H23ClN2O5S. The second-order valence-corrected chi connectivity index (χ2v) is 8.79. The van der Waals surface area contributed by atoms with Crippen molar-refractivity contribution in [3.05, 3.63) is 62.9 Å². The maximum absolute atomic E-state index is 13.4. The van der Waals surface area contributed by atoms with E-state index in [-0.39, 0.29) is 11.7 Å². The molecule has 9 heteroatoms. The molecule has 168 valence electrons. The molecule has 4 rings (SSSR count). The van der Waals surface area contributed by atoms with Gasteiger partial charge in [-0.3, -0.25) is 9.36 Å². The van der Waals surface area contributed by atoms with E-state index < -0.39 is 5.97 Å². The summed E-state index contributed by atoms with van der Waals surface area (Å²) in [6, 6.07) is 10.2. The first-order valence-electron chi connectivity index (χ1n) is 10.2. The van der Waals surface area contributed by atoms with E-state index in [9.17, 15) is 9.59 Å². The van der Waals surface area contributed by atoms with Crippen LogP contribution in [0.25, 0.3) is 10.9 Å². The number of aromatic nitrogens is 2. The highest BCUT2D eigenvalue weighted by molar-refractivity contribution is 7.98. The molecule has 7 nitrogen and oxygen atoms in total. The lowest BCUT2D eigenvalue weighted by Crippen LogP contribution is -2.29. The molecule has 1 atom stereocenters. The maximum atomic E-state index is 13.4. The average molecular weight is 475 g/mol. The summed E-state index contributed by atoms with van der Waals surface area (Å²) in [5, 5.41) is 1.59. The molecule has 1 aromatic heterocycles. The van der Waals surface area contributed by atoms with E-state index in [1.807, 2.05) is 12.1 Å². The number of thioether (sulfide) groups is 1. The molecular weight excluding hydrogens is 452 g/mol. The van der Waals surface area contributed by atoms with Crippen LogP contribution in [-0.2, 0) is 21.8 Å². The minimum Gasteiger partial charge on any atom is -0.496 e. The van der Waals surface area contributed by atoms with Crippen LogP contribution in [0.1, 0.15) is 28.8 Å². The summed E-state index contributed by atoms with van der Waals surface area (Å²) in [5.74, 6) is 0.739. The molecule has 0 radical (unpaired) electrons. The second-order valence-electron chi connectivity index (χ2n) is 7.41. The summed E-state index contributed by atoms with van der Waals surface area (Å²) < 4.78 is 17.7. The van der Waals surface area contributed by atoms with Crippen LogP contribution < -0.4 is 10.3 Å². The molecule has 0 saturated carbocycles. The van der Waals surface area contributed by atoms with Crippen molar-refractivity contribution in [2.75, 3.05) is 20.8 Å². The summed E-state index contributed by atoms with van der Waals surface area (Å²) >= 11 is 7.58. The van der Waals surface area contributed by atoms with Crippen molar-refractivity contribution in [3.8, 4) is 5.75 Å². The fourth-order valence-electron chi connectivity index (χ4n) is 3.71. The second kappa shape index (κ2) is 9.94. The van der Waals surface area contributed by atoms with Gasteiger partial charge in [-0.2, -0.15) is 0 Å². The fourth-order valence-corrected chi connectivity index (χ4v) is 4.89. The monoisotopic (exact) mass is 474 g/mol. The Hall–Kier alpha value is -2.55. The molecule has 3 aromatic rings. The number of nitrogens with zero attached hydrogens (tertiary/aromatic N) is 2. The highest BCUT2D eigenvalue weighted by atomic mass is 35.5. The molecule has 1 unspecified atom stereocenters. The third-order valence-corrected chi connectivity index (χ3v) is 6.61. The quantitative estimate of drug-likeness (QED) is 0.286. The third-order valence-electron chi connectivity index (χ3n) is 5.35. The van der Waals surface area contributed by atoms with E-state index in [0.717, 1.165) is 18.4 Å². The molecule has 1 aliphatic rings. The Morgan fingerprint density at radius 3 is 2.84 bits per heavy atom. The Balaban J connectivity index is 1.75. The number of benzene rings is 2. The van der Waals surface area contributed by atoms with Crippen LogP contribution in [0, 0.1) is 0 Å². The zero-order valence-corrected chi connectivity index (χ0v) is 19.4. The molecule has 32 heavy (non-hydrogen) atoms. The van der Waals surface area contributed by atoms with Gasteiger partial charge in [0, 0.05) is 22.9 Å². The molecule has 1 saturated heterocycles. The highest BCUT2D eigenvalue weighted by Gasteiger charge is 2.21. The number of methoxy groups -OCH3 is 2. The van der Waals surface area contributed by atoms with Crippen LogP contribution in [0.3, 0.4) is 0 Å². The number of ether oxygens (including phenoxy) is 3. The summed E-state index contributed by atoms with van der Waals surface area (Å²) in [4.78, 5) is 30.1. The average Bonchev–Trinajstić information content (AvgIpc) is 3.32. The molecule has 2 aromatic carbocycles. The molecule has 0 bridgehead atoms. The molecule has 1 fully saturated rings. The molecule has 0 N–H and O–H groups in total. The van der Waals surface area contributed by atoms with E-state index in [0.29, 0.717) is 51.3 Å². The van der Waals surface area contributed by atoms with E-state index in [1.54, 1.807) is 35.9 Å². The van der Waals surface area contributed by atoms with Gasteiger partial charge in [0.15, 0.2) is 5.16 Å². The largest absolute Gasteiger partial charge is 0.496 e. The first kappa shape index (κ1) is 22.6. The van der Waals surface area contributed by atoms with Crippen LogP contribution in [0.4, 0.5) is 0 Å². The Labute approximate surface area is 194 Å². The number of carbonyl (C=O) groups is 1. The predicted molar refractivity (Wildman–Crippen MR) is 124 cm³/mol. The van der Waals surface area contributed by atoms with Crippen LogP contribution in [0.2, 0.25) is 5.02 Å². The van der Waals surface area contributed by atoms with Crippen molar-refractivity contribution in [2.24, 2.45) is 0 Å². The number of hydrogen-bond donors (Lipinski definition) is 0. The van der Waals surface area contributed by atoms with Crippen LogP contribution in [0.5, 0.6) is 5.75 Å². The number of esters is 1. The van der Waals surface area contributed by atoms with E-state index in [4.69, 9.17) is 30.8 Å². The van der Waals surface area contributed by atoms with Gasteiger partial charge in [0.2, 0.25) is 0 Å². The van der Waals surface area contributed by atoms with Crippen LogP contribution in [0.15, 0.2) is 46.3 Å². The van der Waals surface area contributed by atoms with Crippen LogP contribution >= 0.6 is 23.4 Å². The van der Waals surface area contributed by atoms with Crippen molar-refractivity contribution in [1.29, 1.82) is 0 Å². The Kier molecular flexibility index (Phi) is 7.03. The Morgan fingerprint density at radius 2 is 2.12 bits per heavy atom. The molecule has 0 aliphatic carbocycles. The van der Waals surface area contributed by atoms with Crippen molar-refractivity contribution >= 4 is 40.2 Å². The standard InChI is InChI=1S/C23H23ClN2O5S/c1-29-20-8-6-16(24)10-15(20)13-32-23-25-19-11-14(22(28)30-2)5-7-18(19)21(27)26(23)12-17-4-3-9-31-17/h5-8,10-11,17H,3-4,9,12-13H2,1-2H3. The van der Waals surface area contributed by atoms with Gasteiger partial charge in [0.1, 0.15) is 5.75 Å². The van der Waals surface area contributed by atoms with E-state index in [2.05, 4.69) is 0 Å². The number of rotatable bonds is 7. The van der Waals surface area contributed by atoms with Crippen molar-refractivity contribution < 1.29 is 19.0 Å². The minimum absolute atomic E-state index is 0.0265. The van der Waals surface area contributed by atoms with Crippen molar-refractivity contribution in [3.63, 3.8) is 0 Å². The van der Waals surface area contributed by atoms with Gasteiger partial charge in [0.25, 0.3) is 5.56 Å². The smallest absolute Gasteiger partial charge is 0.337 e. The van der Waals surface area contributed by atoms with E-state index in [1.165, 1.54) is 18.9 Å². The summed E-state index contributed by atoms with van der Waals surface area (Å²) in [6.45, 7) is 1.13. The zero-order chi connectivity index (χ0) is 22.7. The van der Waals surface area contributed by atoms with Crippen LogP contribution in [-0.4, -0.2) is 42.5 Å². The molecule has 1 aliphatic heterocycles.